The summed E-state index contributed by atoms with van der Waals surface area (Å²) in [5.74, 6) is 1.83. The molecule has 1 aliphatic rings. The van der Waals surface area contributed by atoms with Crippen LogP contribution in [0.2, 0.25) is 0 Å². The van der Waals surface area contributed by atoms with Crippen LogP contribution in [0, 0.1) is 5.41 Å². The predicted octanol–water partition coefficient (Wildman–Crippen LogP) is 4.80. The molecule has 0 bridgehead atoms. The first kappa shape index (κ1) is 25.0. The fraction of sp³-hybridized carbons (Fsp3) is 0.290. The Labute approximate surface area is 227 Å². The average Bonchev–Trinajstić information content (AvgIpc) is 3.32. The quantitative estimate of drug-likeness (QED) is 0.254. The van der Waals surface area contributed by atoms with E-state index < -0.39 is 0 Å². The van der Waals surface area contributed by atoms with Crippen LogP contribution in [0.1, 0.15) is 38.4 Å². The van der Waals surface area contributed by atoms with Crippen LogP contribution in [0.5, 0.6) is 0 Å². The number of nitrogen functional groups attached to an aromatic ring is 1. The van der Waals surface area contributed by atoms with Gasteiger partial charge >= 0.3 is 0 Å². The summed E-state index contributed by atoms with van der Waals surface area (Å²) in [6.07, 6.45) is 5.76. The summed E-state index contributed by atoms with van der Waals surface area (Å²) in [6, 6.07) is 20.7. The number of aromatic nitrogens is 4. The molecule has 2 aromatic carbocycles. The third-order valence-electron chi connectivity index (χ3n) is 7.72. The summed E-state index contributed by atoms with van der Waals surface area (Å²) in [7, 11) is 0. The molecule has 1 aliphatic carbocycles. The molecule has 0 aliphatic heterocycles. The molecule has 1 saturated carbocycles. The molecule has 0 spiro atoms. The number of nitrogens with zero attached hydrogens (tertiary/aromatic N) is 4. The van der Waals surface area contributed by atoms with E-state index >= 15 is 0 Å². The molecule has 0 saturated heterocycles. The Morgan fingerprint density at radius 1 is 1.05 bits per heavy atom. The number of imidazole rings is 1. The van der Waals surface area contributed by atoms with Crippen LogP contribution >= 0.6 is 0 Å². The van der Waals surface area contributed by atoms with E-state index in [1.165, 1.54) is 0 Å². The zero-order chi connectivity index (χ0) is 27.0. The smallest absolute Gasteiger partial charge is 0.216 e. The minimum atomic E-state index is 0.00121. The van der Waals surface area contributed by atoms with E-state index in [0.29, 0.717) is 18.3 Å². The number of amides is 1. The van der Waals surface area contributed by atoms with Crippen molar-refractivity contribution in [1.82, 2.24) is 30.0 Å². The molecule has 0 atom stereocenters. The fourth-order valence-electron chi connectivity index (χ4n) is 5.78. The molecule has 4 N–H and O–H groups in total. The Balaban J connectivity index is 1.28. The zero-order valence-corrected chi connectivity index (χ0v) is 22.3. The zero-order valence-electron chi connectivity index (χ0n) is 22.3. The fourth-order valence-corrected chi connectivity index (χ4v) is 5.78. The maximum atomic E-state index is 11.1. The van der Waals surface area contributed by atoms with E-state index in [1.807, 2.05) is 24.4 Å². The Morgan fingerprint density at radius 2 is 1.85 bits per heavy atom. The van der Waals surface area contributed by atoms with Crippen molar-refractivity contribution in [2.75, 3.05) is 25.4 Å². The summed E-state index contributed by atoms with van der Waals surface area (Å²) in [6.45, 7) is 6.16. The second-order valence-electron chi connectivity index (χ2n) is 10.9. The first-order valence-corrected chi connectivity index (χ1v) is 13.4. The highest BCUT2D eigenvalue weighted by molar-refractivity contribution is 5.91. The number of carbonyl (C=O) groups excluding carboxylic acids is 1. The van der Waals surface area contributed by atoms with E-state index in [4.69, 9.17) is 15.7 Å². The second-order valence-corrected chi connectivity index (χ2v) is 10.9. The third-order valence-corrected chi connectivity index (χ3v) is 7.72. The lowest BCUT2D eigenvalue weighted by Gasteiger charge is -2.45. The van der Waals surface area contributed by atoms with Gasteiger partial charge in [0, 0.05) is 61.4 Å². The van der Waals surface area contributed by atoms with Gasteiger partial charge < -0.3 is 16.4 Å². The summed E-state index contributed by atoms with van der Waals surface area (Å²) >= 11 is 0. The number of nitrogens with two attached hydrogens (primary N) is 1. The molecule has 8 heteroatoms. The van der Waals surface area contributed by atoms with Gasteiger partial charge in [0.05, 0.1) is 11.2 Å². The van der Waals surface area contributed by atoms with Crippen LogP contribution in [0.25, 0.3) is 38.9 Å². The second kappa shape index (κ2) is 10.1. The molecule has 6 rings (SSSR count). The topological polar surface area (TPSA) is 110 Å². The number of fused-ring (bicyclic) bond motifs is 2. The molecule has 5 aromatic rings. The van der Waals surface area contributed by atoms with Crippen molar-refractivity contribution in [1.29, 1.82) is 0 Å². The molecular weight excluding hydrogens is 486 g/mol. The molecule has 3 aromatic heterocycles. The van der Waals surface area contributed by atoms with Crippen LogP contribution in [-0.4, -0.2) is 44.9 Å². The molecule has 0 radical (unpaired) electrons. The monoisotopic (exact) mass is 519 g/mol. The average molecular weight is 520 g/mol. The molecule has 1 fully saturated rings. The lowest BCUT2D eigenvalue weighted by Crippen LogP contribution is -2.43. The van der Waals surface area contributed by atoms with E-state index in [-0.39, 0.29) is 11.3 Å². The van der Waals surface area contributed by atoms with Crippen molar-refractivity contribution < 1.29 is 4.79 Å². The molecule has 3 heterocycles. The van der Waals surface area contributed by atoms with Gasteiger partial charge in [0.25, 0.3) is 0 Å². The van der Waals surface area contributed by atoms with E-state index in [1.54, 1.807) is 13.1 Å². The molecule has 1 amide bonds. The lowest BCUT2D eigenvalue weighted by molar-refractivity contribution is -0.118. The van der Waals surface area contributed by atoms with Crippen molar-refractivity contribution in [2.45, 2.75) is 32.6 Å². The number of hydrogen-bond acceptors (Lipinski definition) is 6. The van der Waals surface area contributed by atoms with Crippen molar-refractivity contribution in [3.63, 3.8) is 0 Å². The number of pyridine rings is 1. The van der Waals surface area contributed by atoms with Crippen molar-refractivity contribution in [3.8, 4) is 22.5 Å². The Morgan fingerprint density at radius 3 is 2.64 bits per heavy atom. The van der Waals surface area contributed by atoms with Gasteiger partial charge in [0.2, 0.25) is 5.91 Å². The van der Waals surface area contributed by atoms with Crippen LogP contribution in [0.4, 0.5) is 5.82 Å². The minimum Gasteiger partial charge on any atom is -0.382 e. The van der Waals surface area contributed by atoms with Crippen LogP contribution in [0.3, 0.4) is 0 Å². The first-order chi connectivity index (χ1) is 18.9. The molecule has 8 nitrogen and oxygen atoms in total. The Hall–Kier alpha value is -4.30. The van der Waals surface area contributed by atoms with Crippen molar-refractivity contribution >= 4 is 28.1 Å². The van der Waals surface area contributed by atoms with Gasteiger partial charge in [0.1, 0.15) is 22.9 Å². The maximum absolute atomic E-state index is 11.1. The highest BCUT2D eigenvalue weighted by Gasteiger charge is 2.42. The van der Waals surface area contributed by atoms with E-state index in [0.717, 1.165) is 70.7 Å². The van der Waals surface area contributed by atoms with Gasteiger partial charge in [-0.05, 0) is 30.4 Å². The normalized spacial score (nSPS) is 18.8. The molecule has 198 valence electrons. The van der Waals surface area contributed by atoms with E-state index in [2.05, 4.69) is 69.4 Å². The van der Waals surface area contributed by atoms with Gasteiger partial charge in [0.15, 0.2) is 0 Å². The summed E-state index contributed by atoms with van der Waals surface area (Å²) in [4.78, 5) is 25.6. The molecule has 39 heavy (non-hydrogen) atoms. The number of carbonyl (C=O) groups is 1. The number of anilines is 1. The Kier molecular flexibility index (Phi) is 6.48. The van der Waals surface area contributed by atoms with Crippen molar-refractivity contribution in [2.24, 2.45) is 5.41 Å². The summed E-state index contributed by atoms with van der Waals surface area (Å²) < 4.78 is 2.12. The standard InChI is InChI=1S/C31H33N7O/c1-20(39)34-13-12-33-19-31(2)17-24(18-31)30-37-27(28-29(32)35-14-15-38(28)30)23-9-8-22-10-11-25(36-26(22)16-23)21-6-4-3-5-7-21/h3-11,14-16,24,33H,12-13,17-19H2,1-2H3,(H2,32,35)(H,34,39). The Bertz CT molecular complexity index is 1650. The van der Waals surface area contributed by atoms with Gasteiger partial charge in [-0.15, -0.1) is 0 Å². The third kappa shape index (κ3) is 4.95. The number of hydrogen-bond donors (Lipinski definition) is 3. The molecular formula is C31H33N7O. The molecule has 0 unspecified atom stereocenters. The predicted molar refractivity (Wildman–Crippen MR) is 155 cm³/mol. The number of nitrogens with one attached hydrogen (secondary N) is 2. The van der Waals surface area contributed by atoms with Gasteiger partial charge in [-0.2, -0.15) is 0 Å². The first-order valence-electron chi connectivity index (χ1n) is 13.4. The van der Waals surface area contributed by atoms with Crippen molar-refractivity contribution in [3.05, 3.63) is 78.9 Å². The largest absolute Gasteiger partial charge is 0.382 e. The van der Waals surface area contributed by atoms with E-state index in [9.17, 15) is 4.79 Å². The van der Waals surface area contributed by atoms with Crippen LogP contribution in [-0.2, 0) is 4.79 Å². The number of rotatable bonds is 8. The van der Waals surface area contributed by atoms with Gasteiger partial charge in [-0.3, -0.25) is 9.20 Å². The highest BCUT2D eigenvalue weighted by Crippen LogP contribution is 2.51. The lowest BCUT2D eigenvalue weighted by atomic mass is 9.63. The van der Waals surface area contributed by atoms with Crippen LogP contribution in [0.15, 0.2) is 73.1 Å². The summed E-state index contributed by atoms with van der Waals surface area (Å²) in [5.41, 5.74) is 12.2. The van der Waals surface area contributed by atoms with Gasteiger partial charge in [-0.25, -0.2) is 15.0 Å². The number of benzene rings is 2. The minimum absolute atomic E-state index is 0.00121. The van der Waals surface area contributed by atoms with Crippen LogP contribution < -0.4 is 16.4 Å². The summed E-state index contributed by atoms with van der Waals surface area (Å²) in [5, 5.41) is 7.40. The van der Waals surface area contributed by atoms with Gasteiger partial charge in [-0.1, -0.05) is 55.5 Å². The SMILES string of the molecule is CC(=O)NCCNCC1(C)CC(c2nc(-c3ccc4ccc(-c5ccccc5)nc4c3)c3c(N)nccn23)C1. The highest BCUT2D eigenvalue weighted by atomic mass is 16.1. The maximum Gasteiger partial charge on any atom is 0.216 e.